The van der Waals surface area contributed by atoms with Crippen molar-refractivity contribution >= 4 is 17.6 Å². The Kier molecular flexibility index (Phi) is 5.76. The summed E-state index contributed by atoms with van der Waals surface area (Å²) in [5.74, 6) is 0.675. The third-order valence-corrected chi connectivity index (χ3v) is 5.06. The Morgan fingerprint density at radius 1 is 1.52 bits per heavy atom. The van der Waals surface area contributed by atoms with Gasteiger partial charge in [-0.15, -0.1) is 0 Å². The van der Waals surface area contributed by atoms with Crippen molar-refractivity contribution in [2.45, 2.75) is 37.1 Å². The van der Waals surface area contributed by atoms with Gasteiger partial charge in [0, 0.05) is 17.8 Å². The zero-order valence-corrected chi connectivity index (χ0v) is 13.3. The first-order valence-electron chi connectivity index (χ1n) is 7.09. The quantitative estimate of drug-likeness (QED) is 0.325. The van der Waals surface area contributed by atoms with E-state index in [1.807, 2.05) is 30.0 Å². The van der Waals surface area contributed by atoms with E-state index in [0.29, 0.717) is 17.4 Å². The van der Waals surface area contributed by atoms with Crippen molar-refractivity contribution in [3.8, 4) is 5.75 Å². The summed E-state index contributed by atoms with van der Waals surface area (Å²) in [6, 6.07) is 6.34. The maximum Gasteiger partial charge on any atom is 0.173 e. The van der Waals surface area contributed by atoms with E-state index >= 15 is 0 Å². The van der Waals surface area contributed by atoms with E-state index in [2.05, 4.69) is 16.7 Å². The van der Waals surface area contributed by atoms with Crippen LogP contribution in [0.2, 0.25) is 0 Å². The number of thioether (sulfide) groups is 1. The fourth-order valence-corrected chi connectivity index (χ4v) is 3.52. The molecule has 1 fully saturated rings. The van der Waals surface area contributed by atoms with E-state index in [0.717, 1.165) is 17.4 Å². The predicted octanol–water partition coefficient (Wildman–Crippen LogP) is 2.16. The second-order valence-electron chi connectivity index (χ2n) is 5.27. The van der Waals surface area contributed by atoms with E-state index in [9.17, 15) is 0 Å². The smallest absolute Gasteiger partial charge is 0.173 e. The van der Waals surface area contributed by atoms with E-state index in [4.69, 9.17) is 15.7 Å². The third kappa shape index (κ3) is 4.04. The minimum absolute atomic E-state index is 0.0667. The highest BCUT2D eigenvalue weighted by atomic mass is 32.2. The molecule has 1 aliphatic carbocycles. The summed E-state index contributed by atoms with van der Waals surface area (Å²) < 4.78 is 5.23. The zero-order valence-electron chi connectivity index (χ0n) is 12.5. The van der Waals surface area contributed by atoms with Crippen LogP contribution in [0.25, 0.3) is 0 Å². The summed E-state index contributed by atoms with van der Waals surface area (Å²) in [5, 5.41) is 16.3. The van der Waals surface area contributed by atoms with Gasteiger partial charge in [0.2, 0.25) is 0 Å². The Morgan fingerprint density at radius 3 is 2.95 bits per heavy atom. The summed E-state index contributed by atoms with van der Waals surface area (Å²) in [7, 11) is 1.57. The number of benzene rings is 1. The molecule has 0 saturated heterocycles. The van der Waals surface area contributed by atoms with Crippen LogP contribution in [0.15, 0.2) is 23.4 Å². The molecule has 4 N–H and O–H groups in total. The normalized spacial score (nSPS) is 22.5. The molecule has 2 unspecified atom stereocenters. The van der Waals surface area contributed by atoms with Gasteiger partial charge in [-0.25, -0.2) is 0 Å². The number of nitrogens with two attached hydrogens (primary N) is 1. The number of hydrogen-bond donors (Lipinski definition) is 3. The topological polar surface area (TPSA) is 79.9 Å². The van der Waals surface area contributed by atoms with Crippen LogP contribution >= 0.6 is 11.8 Å². The first-order chi connectivity index (χ1) is 10.2. The Hall–Kier alpha value is -1.40. The number of oxime groups is 1. The van der Waals surface area contributed by atoms with Gasteiger partial charge in [0.15, 0.2) is 5.84 Å². The van der Waals surface area contributed by atoms with Crippen LogP contribution in [0.5, 0.6) is 5.75 Å². The van der Waals surface area contributed by atoms with E-state index in [1.165, 1.54) is 19.3 Å². The van der Waals surface area contributed by atoms with Crippen molar-refractivity contribution in [3.05, 3.63) is 29.3 Å². The molecule has 21 heavy (non-hydrogen) atoms. The average Bonchev–Trinajstić information content (AvgIpc) is 3.00. The van der Waals surface area contributed by atoms with Crippen molar-refractivity contribution in [1.82, 2.24) is 5.32 Å². The molecule has 1 saturated carbocycles. The molecule has 2 atom stereocenters. The number of methoxy groups -OCH3 is 1. The molecule has 5 nitrogen and oxygen atoms in total. The Balaban J connectivity index is 2.01. The highest BCUT2D eigenvalue weighted by Crippen LogP contribution is 2.28. The standard InChI is InChI=1S/C15H23N3O2S/c1-20-14-6-3-10(7-13(14)15(16)18-19)9-17-11-4-5-12(8-11)21-2/h3,6-7,11-12,17,19H,4-5,8-9H2,1-2H3,(H2,16,18). The lowest BCUT2D eigenvalue weighted by Crippen LogP contribution is -2.26. The summed E-state index contributed by atoms with van der Waals surface area (Å²) in [4.78, 5) is 0. The largest absolute Gasteiger partial charge is 0.496 e. The van der Waals surface area contributed by atoms with Crippen molar-refractivity contribution in [2.75, 3.05) is 13.4 Å². The lowest BCUT2D eigenvalue weighted by atomic mass is 10.1. The van der Waals surface area contributed by atoms with Gasteiger partial charge in [-0.05, 0) is 43.2 Å². The number of nitrogens with one attached hydrogen (secondary N) is 1. The highest BCUT2D eigenvalue weighted by Gasteiger charge is 2.23. The van der Waals surface area contributed by atoms with Gasteiger partial charge in [0.25, 0.3) is 0 Å². The molecular formula is C15H23N3O2S. The first-order valence-corrected chi connectivity index (χ1v) is 8.37. The average molecular weight is 309 g/mol. The van der Waals surface area contributed by atoms with Crippen molar-refractivity contribution in [2.24, 2.45) is 10.9 Å². The number of nitrogens with zero attached hydrogens (tertiary/aromatic N) is 1. The Labute approximate surface area is 129 Å². The Morgan fingerprint density at radius 2 is 2.33 bits per heavy atom. The van der Waals surface area contributed by atoms with Crippen LogP contribution in [-0.4, -0.2) is 35.7 Å². The van der Waals surface area contributed by atoms with Crippen LogP contribution in [0.1, 0.15) is 30.4 Å². The maximum atomic E-state index is 8.85. The molecule has 0 radical (unpaired) electrons. The molecule has 0 amide bonds. The van der Waals surface area contributed by atoms with Gasteiger partial charge in [-0.1, -0.05) is 11.2 Å². The first kappa shape index (κ1) is 16.0. The number of hydrogen-bond acceptors (Lipinski definition) is 5. The minimum atomic E-state index is 0.0667. The van der Waals surface area contributed by atoms with Gasteiger partial charge in [0.1, 0.15) is 5.75 Å². The molecule has 0 spiro atoms. The Bertz CT molecular complexity index is 508. The van der Waals surface area contributed by atoms with Crippen molar-refractivity contribution in [1.29, 1.82) is 0 Å². The van der Waals surface area contributed by atoms with Gasteiger partial charge in [-0.3, -0.25) is 0 Å². The van der Waals surface area contributed by atoms with E-state index in [1.54, 1.807) is 7.11 Å². The molecule has 0 bridgehead atoms. The fraction of sp³-hybridized carbons (Fsp3) is 0.533. The molecular weight excluding hydrogens is 286 g/mol. The second kappa shape index (κ2) is 7.56. The van der Waals surface area contributed by atoms with Crippen molar-refractivity contribution < 1.29 is 9.94 Å². The molecule has 1 aliphatic rings. The zero-order chi connectivity index (χ0) is 15.2. The molecule has 0 heterocycles. The molecule has 1 aromatic carbocycles. The maximum absolute atomic E-state index is 8.85. The second-order valence-corrected chi connectivity index (χ2v) is 6.41. The number of ether oxygens (including phenoxy) is 1. The van der Waals surface area contributed by atoms with Gasteiger partial charge < -0.3 is 21.0 Å². The number of amidine groups is 1. The predicted molar refractivity (Wildman–Crippen MR) is 87.3 cm³/mol. The van der Waals surface area contributed by atoms with Crippen LogP contribution in [0.3, 0.4) is 0 Å². The van der Waals surface area contributed by atoms with Crippen LogP contribution in [0, 0.1) is 0 Å². The summed E-state index contributed by atoms with van der Waals surface area (Å²) >= 11 is 1.96. The van der Waals surface area contributed by atoms with Crippen LogP contribution < -0.4 is 15.8 Å². The third-order valence-electron chi connectivity index (χ3n) is 3.96. The molecule has 2 rings (SSSR count). The molecule has 1 aromatic rings. The number of rotatable bonds is 6. The highest BCUT2D eigenvalue weighted by molar-refractivity contribution is 7.99. The monoisotopic (exact) mass is 309 g/mol. The van der Waals surface area contributed by atoms with Gasteiger partial charge >= 0.3 is 0 Å². The summed E-state index contributed by atoms with van der Waals surface area (Å²) in [6.07, 6.45) is 5.93. The summed E-state index contributed by atoms with van der Waals surface area (Å²) in [6.45, 7) is 0.779. The lowest BCUT2D eigenvalue weighted by molar-refractivity contribution is 0.318. The molecule has 0 aromatic heterocycles. The minimum Gasteiger partial charge on any atom is -0.496 e. The van der Waals surface area contributed by atoms with E-state index in [-0.39, 0.29) is 5.84 Å². The lowest BCUT2D eigenvalue weighted by Gasteiger charge is -2.14. The van der Waals surface area contributed by atoms with Gasteiger partial charge in [-0.2, -0.15) is 11.8 Å². The van der Waals surface area contributed by atoms with Gasteiger partial charge in [0.05, 0.1) is 12.7 Å². The van der Waals surface area contributed by atoms with Crippen LogP contribution in [-0.2, 0) is 6.54 Å². The molecule has 116 valence electrons. The molecule has 0 aliphatic heterocycles. The van der Waals surface area contributed by atoms with Crippen LogP contribution in [0.4, 0.5) is 0 Å². The fourth-order valence-electron chi connectivity index (χ4n) is 2.72. The summed E-state index contributed by atoms with van der Waals surface area (Å²) in [5.41, 5.74) is 7.41. The SMILES string of the molecule is COc1ccc(CNC2CCC(SC)C2)cc1/C(N)=N/O. The molecule has 6 heteroatoms. The van der Waals surface area contributed by atoms with E-state index < -0.39 is 0 Å². The van der Waals surface area contributed by atoms with Crippen molar-refractivity contribution in [3.63, 3.8) is 0 Å².